The third kappa shape index (κ3) is 1.87. The van der Waals surface area contributed by atoms with Gasteiger partial charge < -0.3 is 14.2 Å². The molecule has 0 bridgehead atoms. The van der Waals surface area contributed by atoms with Gasteiger partial charge in [0, 0.05) is 12.6 Å². The molecule has 2 heterocycles. The highest BCUT2D eigenvalue weighted by molar-refractivity contribution is 5.74. The number of nitrogens with zero attached hydrogens (tertiary/aromatic N) is 1. The first-order valence-corrected chi connectivity index (χ1v) is 6.42. The first kappa shape index (κ1) is 12.7. The van der Waals surface area contributed by atoms with Crippen LogP contribution in [0.1, 0.15) is 22.9 Å². The van der Waals surface area contributed by atoms with Gasteiger partial charge in [0.1, 0.15) is 5.76 Å². The Balaban J connectivity index is 2.13. The minimum Gasteiger partial charge on any atom is -0.469 e. The fourth-order valence-electron chi connectivity index (χ4n) is 2.53. The smallest absolute Gasteiger partial charge is 0.419 e. The Morgan fingerprint density at radius 1 is 1.30 bits per heavy atom. The standard InChI is InChI=1S/C15H16N2O3/c1-9-11(6-7-19-9)14(16-2)10-4-5-12-13(8-10)20-15(18)17(12)3/h4-8,14,16H,1-3H3. The van der Waals surface area contributed by atoms with Crippen LogP contribution in [0, 0.1) is 6.92 Å². The van der Waals surface area contributed by atoms with Crippen LogP contribution in [0.15, 0.2) is 44.2 Å². The van der Waals surface area contributed by atoms with E-state index in [9.17, 15) is 4.79 Å². The van der Waals surface area contributed by atoms with Crippen LogP contribution in [-0.4, -0.2) is 11.6 Å². The van der Waals surface area contributed by atoms with Crippen LogP contribution in [-0.2, 0) is 7.05 Å². The van der Waals surface area contributed by atoms with Crippen molar-refractivity contribution < 1.29 is 8.83 Å². The average Bonchev–Trinajstić information content (AvgIpc) is 2.96. The van der Waals surface area contributed by atoms with E-state index in [1.807, 2.05) is 38.2 Å². The normalized spacial score (nSPS) is 12.9. The van der Waals surface area contributed by atoms with E-state index in [2.05, 4.69) is 5.32 Å². The summed E-state index contributed by atoms with van der Waals surface area (Å²) in [6.07, 6.45) is 1.68. The molecule has 0 spiro atoms. The van der Waals surface area contributed by atoms with Crippen molar-refractivity contribution in [1.82, 2.24) is 9.88 Å². The van der Waals surface area contributed by atoms with Gasteiger partial charge in [-0.05, 0) is 37.7 Å². The maximum Gasteiger partial charge on any atom is 0.419 e. The Bertz CT molecular complexity index is 810. The van der Waals surface area contributed by atoms with E-state index in [0.29, 0.717) is 5.58 Å². The molecule has 5 heteroatoms. The van der Waals surface area contributed by atoms with Crippen molar-refractivity contribution in [2.75, 3.05) is 7.05 Å². The fourth-order valence-corrected chi connectivity index (χ4v) is 2.53. The lowest BCUT2D eigenvalue weighted by Crippen LogP contribution is -2.17. The van der Waals surface area contributed by atoms with Gasteiger partial charge in [0.2, 0.25) is 0 Å². The zero-order chi connectivity index (χ0) is 14.3. The van der Waals surface area contributed by atoms with E-state index in [0.717, 1.165) is 22.4 Å². The quantitative estimate of drug-likeness (QED) is 0.795. The number of oxazole rings is 1. The molecule has 20 heavy (non-hydrogen) atoms. The number of rotatable bonds is 3. The first-order valence-electron chi connectivity index (χ1n) is 6.42. The van der Waals surface area contributed by atoms with Crippen LogP contribution < -0.4 is 11.1 Å². The third-order valence-corrected chi connectivity index (χ3v) is 3.65. The maximum absolute atomic E-state index is 11.5. The monoisotopic (exact) mass is 272 g/mol. The summed E-state index contributed by atoms with van der Waals surface area (Å²) in [4.78, 5) is 11.5. The zero-order valence-electron chi connectivity index (χ0n) is 11.6. The van der Waals surface area contributed by atoms with Gasteiger partial charge in [-0.15, -0.1) is 0 Å². The summed E-state index contributed by atoms with van der Waals surface area (Å²) < 4.78 is 12.1. The Labute approximate surface area is 115 Å². The number of hydrogen-bond acceptors (Lipinski definition) is 4. The number of aryl methyl sites for hydroxylation is 2. The van der Waals surface area contributed by atoms with Gasteiger partial charge in [0.15, 0.2) is 5.58 Å². The van der Waals surface area contributed by atoms with E-state index in [4.69, 9.17) is 8.83 Å². The molecule has 1 unspecified atom stereocenters. The lowest BCUT2D eigenvalue weighted by molar-refractivity contribution is 0.521. The summed E-state index contributed by atoms with van der Waals surface area (Å²) in [7, 11) is 3.59. The predicted molar refractivity (Wildman–Crippen MR) is 75.8 cm³/mol. The third-order valence-electron chi connectivity index (χ3n) is 3.65. The van der Waals surface area contributed by atoms with Crippen molar-refractivity contribution in [3.8, 4) is 0 Å². The van der Waals surface area contributed by atoms with Crippen LogP contribution in [0.2, 0.25) is 0 Å². The predicted octanol–water partition coefficient (Wildman–Crippen LogP) is 2.34. The van der Waals surface area contributed by atoms with Crippen molar-refractivity contribution in [3.63, 3.8) is 0 Å². The highest BCUT2D eigenvalue weighted by atomic mass is 16.4. The number of fused-ring (bicyclic) bond motifs is 1. The molecule has 3 rings (SSSR count). The van der Waals surface area contributed by atoms with Gasteiger partial charge in [0.25, 0.3) is 0 Å². The van der Waals surface area contributed by atoms with Gasteiger partial charge in [-0.3, -0.25) is 4.57 Å². The van der Waals surface area contributed by atoms with Crippen LogP contribution in [0.5, 0.6) is 0 Å². The summed E-state index contributed by atoms with van der Waals surface area (Å²) in [5, 5.41) is 3.26. The number of furan rings is 1. The van der Waals surface area contributed by atoms with Crippen molar-refractivity contribution in [2.24, 2.45) is 7.05 Å². The SMILES string of the molecule is CNC(c1ccc2c(c1)oc(=O)n2C)c1ccoc1C. The highest BCUT2D eigenvalue weighted by Crippen LogP contribution is 2.27. The lowest BCUT2D eigenvalue weighted by Gasteiger charge is -2.16. The molecule has 104 valence electrons. The van der Waals surface area contributed by atoms with Gasteiger partial charge in [-0.1, -0.05) is 6.07 Å². The Kier molecular flexibility index (Phi) is 2.99. The van der Waals surface area contributed by atoms with Crippen molar-refractivity contribution in [3.05, 3.63) is 58.0 Å². The van der Waals surface area contributed by atoms with Crippen molar-refractivity contribution in [2.45, 2.75) is 13.0 Å². The first-order chi connectivity index (χ1) is 9.61. The van der Waals surface area contributed by atoms with Gasteiger partial charge in [-0.25, -0.2) is 4.79 Å². The Morgan fingerprint density at radius 3 is 2.75 bits per heavy atom. The number of benzene rings is 1. The molecule has 0 aliphatic carbocycles. The topological polar surface area (TPSA) is 60.3 Å². The van der Waals surface area contributed by atoms with Gasteiger partial charge >= 0.3 is 5.76 Å². The van der Waals surface area contributed by atoms with Crippen LogP contribution in [0.25, 0.3) is 11.1 Å². The molecule has 0 saturated heterocycles. The molecule has 0 fully saturated rings. The molecule has 1 aromatic carbocycles. The summed E-state index contributed by atoms with van der Waals surface area (Å²) in [6, 6.07) is 7.73. The summed E-state index contributed by atoms with van der Waals surface area (Å²) >= 11 is 0. The largest absolute Gasteiger partial charge is 0.469 e. The van der Waals surface area contributed by atoms with Crippen LogP contribution >= 0.6 is 0 Å². The summed E-state index contributed by atoms with van der Waals surface area (Å²) in [5.41, 5.74) is 3.48. The average molecular weight is 272 g/mol. The minimum absolute atomic E-state index is 0.00339. The molecule has 1 N–H and O–H groups in total. The molecule has 1 atom stereocenters. The van der Waals surface area contributed by atoms with E-state index in [-0.39, 0.29) is 11.8 Å². The van der Waals surface area contributed by atoms with Gasteiger partial charge in [0.05, 0.1) is 17.8 Å². The summed E-state index contributed by atoms with van der Waals surface area (Å²) in [6.45, 7) is 1.93. The molecule has 0 radical (unpaired) electrons. The van der Waals surface area contributed by atoms with Crippen molar-refractivity contribution in [1.29, 1.82) is 0 Å². The highest BCUT2D eigenvalue weighted by Gasteiger charge is 2.17. The number of hydrogen-bond donors (Lipinski definition) is 1. The number of aromatic nitrogens is 1. The zero-order valence-corrected chi connectivity index (χ0v) is 11.6. The van der Waals surface area contributed by atoms with Crippen LogP contribution in [0.3, 0.4) is 0 Å². The van der Waals surface area contributed by atoms with E-state index in [1.54, 1.807) is 13.3 Å². The second-order valence-corrected chi connectivity index (χ2v) is 4.81. The fraction of sp³-hybridized carbons (Fsp3) is 0.267. The minimum atomic E-state index is -0.349. The lowest BCUT2D eigenvalue weighted by atomic mass is 9.99. The van der Waals surface area contributed by atoms with Crippen LogP contribution in [0.4, 0.5) is 0 Å². The van der Waals surface area contributed by atoms with E-state index in [1.165, 1.54) is 4.57 Å². The molecular weight excluding hydrogens is 256 g/mol. The summed E-state index contributed by atoms with van der Waals surface area (Å²) in [5.74, 6) is 0.525. The van der Waals surface area contributed by atoms with E-state index >= 15 is 0 Å². The second-order valence-electron chi connectivity index (χ2n) is 4.81. The Morgan fingerprint density at radius 2 is 2.10 bits per heavy atom. The molecule has 2 aromatic heterocycles. The van der Waals surface area contributed by atoms with E-state index < -0.39 is 0 Å². The molecule has 0 aliphatic rings. The second kappa shape index (κ2) is 4.68. The maximum atomic E-state index is 11.5. The molecule has 0 saturated carbocycles. The molecular formula is C15H16N2O3. The molecule has 0 aliphatic heterocycles. The Hall–Kier alpha value is -2.27. The van der Waals surface area contributed by atoms with Crippen molar-refractivity contribution >= 4 is 11.1 Å². The van der Waals surface area contributed by atoms with Gasteiger partial charge in [-0.2, -0.15) is 0 Å². The molecule has 0 amide bonds. The molecule has 5 nitrogen and oxygen atoms in total. The number of nitrogens with one attached hydrogen (secondary N) is 1. The molecule has 3 aromatic rings.